The van der Waals surface area contributed by atoms with Crippen molar-refractivity contribution >= 4 is 23.1 Å². The van der Waals surface area contributed by atoms with E-state index in [0.717, 1.165) is 48.4 Å². The number of fused-ring (bicyclic) bond motifs is 1. The van der Waals surface area contributed by atoms with Gasteiger partial charge in [0.05, 0.1) is 12.3 Å². The largest absolute Gasteiger partial charge is 0.369 e. The number of nitrogens with one attached hydrogen (secondary N) is 2. The van der Waals surface area contributed by atoms with Gasteiger partial charge in [-0.3, -0.25) is 24.4 Å². The van der Waals surface area contributed by atoms with Gasteiger partial charge >= 0.3 is 0 Å². The number of hydrogen-bond donors (Lipinski definition) is 3. The van der Waals surface area contributed by atoms with Crippen molar-refractivity contribution in [3.63, 3.8) is 0 Å². The van der Waals surface area contributed by atoms with Crippen molar-refractivity contribution in [2.24, 2.45) is 11.7 Å². The predicted octanol–water partition coefficient (Wildman–Crippen LogP) is 1.52. The lowest BCUT2D eigenvalue weighted by molar-refractivity contribution is -0.123. The molecule has 1 unspecified atom stereocenters. The molecule has 1 atom stereocenters. The smallest absolute Gasteiger partial charge is 0.266 e. The maximum absolute atomic E-state index is 12.7. The number of rotatable bonds is 6. The summed E-state index contributed by atoms with van der Waals surface area (Å²) in [5, 5.41) is 5.63. The van der Waals surface area contributed by atoms with Crippen LogP contribution in [0.15, 0.2) is 35.1 Å². The van der Waals surface area contributed by atoms with Gasteiger partial charge in [-0.15, -0.1) is 0 Å². The number of primary amides is 1. The van der Waals surface area contributed by atoms with Crippen LogP contribution in [-0.4, -0.2) is 44.4 Å². The van der Waals surface area contributed by atoms with Crippen molar-refractivity contribution in [2.45, 2.75) is 39.7 Å². The number of carbonyl (C=O) groups is 2. The van der Waals surface area contributed by atoms with Crippen molar-refractivity contribution in [3.05, 3.63) is 63.2 Å². The molecule has 3 aromatic rings. The van der Waals surface area contributed by atoms with Crippen LogP contribution in [0.5, 0.6) is 0 Å². The standard InChI is InChI=1S/C23H28N6O3/c1-14-19(15(2)29-20(25-14)11-22(31)27-29)10-21(30)26-18-7-5-16(6-8-18)12-28-9-3-4-17(13-28)23(24)32/h5-8,11,17H,3-4,9-10,12-13H2,1-2H3,(H2,24,32)(H,26,30)(H,27,31). The number of benzene rings is 1. The number of amides is 2. The van der Waals surface area contributed by atoms with E-state index >= 15 is 0 Å². The zero-order valence-corrected chi connectivity index (χ0v) is 18.4. The maximum atomic E-state index is 12.7. The first-order valence-corrected chi connectivity index (χ1v) is 10.8. The van der Waals surface area contributed by atoms with Gasteiger partial charge in [-0.05, 0) is 50.9 Å². The Kier molecular flexibility index (Phi) is 6.09. The van der Waals surface area contributed by atoms with Crippen LogP contribution in [-0.2, 0) is 22.6 Å². The minimum absolute atomic E-state index is 0.0766. The fourth-order valence-corrected chi connectivity index (χ4v) is 4.36. The summed E-state index contributed by atoms with van der Waals surface area (Å²) >= 11 is 0. The molecule has 2 amide bonds. The van der Waals surface area contributed by atoms with Gasteiger partial charge in [-0.2, -0.15) is 0 Å². The molecule has 2 aromatic heterocycles. The topological polar surface area (TPSA) is 126 Å². The maximum Gasteiger partial charge on any atom is 0.266 e. The zero-order chi connectivity index (χ0) is 22.8. The van der Waals surface area contributed by atoms with E-state index in [0.29, 0.717) is 17.9 Å². The number of piperidine rings is 1. The Bertz CT molecular complexity index is 1210. The van der Waals surface area contributed by atoms with Crippen LogP contribution in [0, 0.1) is 19.8 Å². The Morgan fingerprint density at radius 1 is 1.25 bits per heavy atom. The number of likely N-dealkylation sites (tertiary alicyclic amines) is 1. The van der Waals surface area contributed by atoms with E-state index in [4.69, 9.17) is 5.73 Å². The fourth-order valence-electron chi connectivity index (χ4n) is 4.36. The number of nitrogens with two attached hydrogens (primary N) is 1. The molecule has 1 aliphatic heterocycles. The Morgan fingerprint density at radius 2 is 2.00 bits per heavy atom. The van der Waals surface area contributed by atoms with Crippen LogP contribution in [0.2, 0.25) is 0 Å². The molecule has 3 heterocycles. The molecule has 168 valence electrons. The van der Waals surface area contributed by atoms with Gasteiger partial charge in [-0.25, -0.2) is 9.50 Å². The summed E-state index contributed by atoms with van der Waals surface area (Å²) in [6, 6.07) is 9.17. The molecule has 1 fully saturated rings. The Balaban J connectivity index is 1.39. The highest BCUT2D eigenvalue weighted by molar-refractivity contribution is 5.92. The molecular weight excluding hydrogens is 408 g/mol. The number of anilines is 1. The van der Waals surface area contributed by atoms with Crippen LogP contribution in [0.3, 0.4) is 0 Å². The molecule has 1 saturated heterocycles. The second kappa shape index (κ2) is 8.96. The van der Waals surface area contributed by atoms with Crippen molar-refractivity contribution in [2.75, 3.05) is 18.4 Å². The average molecular weight is 437 g/mol. The molecule has 1 aliphatic rings. The molecule has 1 aromatic carbocycles. The van der Waals surface area contributed by atoms with E-state index in [1.54, 1.807) is 4.52 Å². The second-order valence-corrected chi connectivity index (χ2v) is 8.47. The highest BCUT2D eigenvalue weighted by Crippen LogP contribution is 2.20. The Labute approximate surface area is 185 Å². The Hall–Kier alpha value is -3.46. The van der Waals surface area contributed by atoms with Gasteiger partial charge in [0.1, 0.15) is 0 Å². The van der Waals surface area contributed by atoms with E-state index < -0.39 is 0 Å². The molecule has 0 aliphatic carbocycles. The van der Waals surface area contributed by atoms with Crippen molar-refractivity contribution in [1.82, 2.24) is 19.5 Å². The average Bonchev–Trinajstić information content (AvgIpc) is 3.13. The molecule has 0 radical (unpaired) electrons. The lowest BCUT2D eigenvalue weighted by Gasteiger charge is -2.31. The number of H-pyrrole nitrogens is 1. The molecule has 32 heavy (non-hydrogen) atoms. The van der Waals surface area contributed by atoms with Crippen LogP contribution in [0.25, 0.3) is 5.65 Å². The van der Waals surface area contributed by atoms with E-state index in [-0.39, 0.29) is 29.7 Å². The second-order valence-electron chi connectivity index (χ2n) is 8.47. The van der Waals surface area contributed by atoms with Crippen molar-refractivity contribution in [1.29, 1.82) is 0 Å². The first kappa shape index (κ1) is 21.8. The van der Waals surface area contributed by atoms with Gasteiger partial charge in [0, 0.05) is 41.8 Å². The van der Waals surface area contributed by atoms with E-state index in [2.05, 4.69) is 20.3 Å². The minimum Gasteiger partial charge on any atom is -0.369 e. The molecule has 0 bridgehead atoms. The van der Waals surface area contributed by atoms with Gasteiger partial charge < -0.3 is 11.1 Å². The molecule has 0 spiro atoms. The highest BCUT2D eigenvalue weighted by Gasteiger charge is 2.23. The first-order chi connectivity index (χ1) is 15.3. The molecule has 0 saturated carbocycles. The van der Waals surface area contributed by atoms with Gasteiger partial charge in [0.2, 0.25) is 11.8 Å². The number of hydrogen-bond acceptors (Lipinski definition) is 5. The lowest BCUT2D eigenvalue weighted by Crippen LogP contribution is -2.40. The summed E-state index contributed by atoms with van der Waals surface area (Å²) in [5.74, 6) is -0.456. The Morgan fingerprint density at radius 3 is 2.72 bits per heavy atom. The molecule has 9 nitrogen and oxygen atoms in total. The van der Waals surface area contributed by atoms with E-state index in [1.165, 1.54) is 6.07 Å². The summed E-state index contributed by atoms with van der Waals surface area (Å²) in [4.78, 5) is 42.4. The first-order valence-electron chi connectivity index (χ1n) is 10.8. The quantitative estimate of drug-likeness (QED) is 0.540. The van der Waals surface area contributed by atoms with Crippen LogP contribution in [0.4, 0.5) is 5.69 Å². The third kappa shape index (κ3) is 4.72. The fraction of sp³-hybridized carbons (Fsp3) is 0.391. The van der Waals surface area contributed by atoms with E-state index in [9.17, 15) is 14.4 Å². The van der Waals surface area contributed by atoms with Crippen LogP contribution < -0.4 is 16.6 Å². The molecular formula is C23H28N6O3. The minimum atomic E-state index is -0.226. The number of nitrogens with zero attached hydrogens (tertiary/aromatic N) is 3. The van der Waals surface area contributed by atoms with Crippen LogP contribution in [0.1, 0.15) is 35.4 Å². The number of aromatic nitrogens is 3. The summed E-state index contributed by atoms with van der Waals surface area (Å²) in [5.41, 5.74) is 9.91. The summed E-state index contributed by atoms with van der Waals surface area (Å²) < 4.78 is 1.61. The SMILES string of the molecule is Cc1nc2cc(=O)[nH]n2c(C)c1CC(=O)Nc1ccc(CN2CCCC(C(N)=O)C2)cc1. The number of aryl methyl sites for hydroxylation is 2. The third-order valence-electron chi connectivity index (χ3n) is 6.09. The van der Waals surface area contributed by atoms with Crippen LogP contribution >= 0.6 is 0 Å². The summed E-state index contributed by atoms with van der Waals surface area (Å²) in [6.07, 6.45) is 1.99. The number of aromatic amines is 1. The third-order valence-corrected chi connectivity index (χ3v) is 6.09. The summed E-state index contributed by atoms with van der Waals surface area (Å²) in [7, 11) is 0. The highest BCUT2D eigenvalue weighted by atomic mass is 16.2. The molecule has 4 rings (SSSR count). The van der Waals surface area contributed by atoms with Gasteiger partial charge in [0.25, 0.3) is 5.56 Å². The van der Waals surface area contributed by atoms with Crippen molar-refractivity contribution in [3.8, 4) is 0 Å². The van der Waals surface area contributed by atoms with E-state index in [1.807, 2.05) is 38.1 Å². The summed E-state index contributed by atoms with van der Waals surface area (Å²) in [6.45, 7) is 6.09. The lowest BCUT2D eigenvalue weighted by atomic mass is 9.97. The normalized spacial score (nSPS) is 16.9. The number of carbonyl (C=O) groups excluding carboxylic acids is 2. The van der Waals surface area contributed by atoms with Gasteiger partial charge in [0.15, 0.2) is 5.65 Å². The monoisotopic (exact) mass is 436 g/mol. The predicted molar refractivity (Wildman–Crippen MR) is 121 cm³/mol. The molecule has 4 N–H and O–H groups in total. The zero-order valence-electron chi connectivity index (χ0n) is 18.4. The molecule has 9 heteroatoms. The van der Waals surface area contributed by atoms with Gasteiger partial charge in [-0.1, -0.05) is 12.1 Å². The van der Waals surface area contributed by atoms with Crippen molar-refractivity contribution < 1.29 is 9.59 Å².